The molecule has 0 aliphatic rings. The number of hydrogen-bond donors (Lipinski definition) is 1. The van der Waals surface area contributed by atoms with E-state index in [0.717, 1.165) is 0 Å². The van der Waals surface area contributed by atoms with E-state index in [-0.39, 0.29) is 17.4 Å². The minimum atomic E-state index is -0.0799. The number of amides is 1. The Morgan fingerprint density at radius 1 is 1.12 bits per heavy atom. The molecule has 1 N–H and O–H groups in total. The van der Waals surface area contributed by atoms with Crippen LogP contribution in [0, 0.1) is 0 Å². The van der Waals surface area contributed by atoms with Crippen LogP contribution in [-0.4, -0.2) is 22.0 Å². The fourth-order valence-corrected chi connectivity index (χ4v) is 2.97. The fourth-order valence-electron chi connectivity index (χ4n) is 2.97. The monoisotopic (exact) mass is 349 g/mol. The van der Waals surface area contributed by atoms with Gasteiger partial charge in [-0.2, -0.15) is 0 Å². The van der Waals surface area contributed by atoms with Crippen molar-refractivity contribution in [2.75, 3.05) is 6.54 Å². The fraction of sp³-hybridized carbons (Fsp3) is 0.286. The molecule has 0 aliphatic heterocycles. The second-order valence-electron chi connectivity index (χ2n) is 6.53. The Kier molecular flexibility index (Phi) is 5.46. The highest BCUT2D eigenvalue weighted by Gasteiger charge is 2.11. The Labute approximate surface area is 152 Å². The highest BCUT2D eigenvalue weighted by atomic mass is 16.1. The summed E-state index contributed by atoms with van der Waals surface area (Å²) in [5.41, 5.74) is 1.79. The first-order valence-electron chi connectivity index (χ1n) is 8.82. The van der Waals surface area contributed by atoms with Gasteiger partial charge in [-0.3, -0.25) is 14.2 Å². The van der Waals surface area contributed by atoms with Crippen LogP contribution >= 0.6 is 0 Å². The normalized spacial score (nSPS) is 12.1. The van der Waals surface area contributed by atoms with Crippen molar-refractivity contribution in [1.82, 2.24) is 14.9 Å². The standard InChI is InChI=1S/C21H23N3O2/c1-15(16-8-4-3-5-9-16)14-22-20(25)13-12-19-23-18-11-7-6-10-17(18)21(26)24(19)2/h3-11,15H,12-14H2,1-2H3,(H,22,25)/t15-/m1/s1. The van der Waals surface area contributed by atoms with Gasteiger partial charge in [0.25, 0.3) is 5.56 Å². The summed E-state index contributed by atoms with van der Waals surface area (Å²) in [5, 5.41) is 3.57. The third-order valence-corrected chi connectivity index (χ3v) is 4.63. The first-order valence-corrected chi connectivity index (χ1v) is 8.82. The number of para-hydroxylation sites is 1. The van der Waals surface area contributed by atoms with Crippen molar-refractivity contribution in [3.8, 4) is 0 Å². The van der Waals surface area contributed by atoms with Crippen LogP contribution < -0.4 is 10.9 Å². The van der Waals surface area contributed by atoms with E-state index in [1.165, 1.54) is 10.1 Å². The summed E-state index contributed by atoms with van der Waals surface area (Å²) in [6.45, 7) is 2.68. The quantitative estimate of drug-likeness (QED) is 0.744. The van der Waals surface area contributed by atoms with Gasteiger partial charge < -0.3 is 5.32 Å². The maximum Gasteiger partial charge on any atom is 0.261 e. The van der Waals surface area contributed by atoms with Crippen molar-refractivity contribution in [3.63, 3.8) is 0 Å². The number of carbonyl (C=O) groups is 1. The van der Waals surface area contributed by atoms with Crippen LogP contribution in [0.2, 0.25) is 0 Å². The number of rotatable bonds is 6. The average molecular weight is 349 g/mol. The number of carbonyl (C=O) groups excluding carboxylic acids is 1. The molecule has 1 heterocycles. The lowest BCUT2D eigenvalue weighted by Gasteiger charge is -2.13. The SMILES string of the molecule is C[C@H](CNC(=O)CCc1nc2ccccc2c(=O)n1C)c1ccccc1. The van der Waals surface area contributed by atoms with Crippen molar-refractivity contribution >= 4 is 16.8 Å². The van der Waals surface area contributed by atoms with Crippen LogP contribution in [-0.2, 0) is 18.3 Å². The number of benzene rings is 2. The Balaban J connectivity index is 1.60. The van der Waals surface area contributed by atoms with Crippen molar-refractivity contribution in [1.29, 1.82) is 0 Å². The van der Waals surface area contributed by atoms with Gasteiger partial charge >= 0.3 is 0 Å². The van der Waals surface area contributed by atoms with Gasteiger partial charge in [0.05, 0.1) is 10.9 Å². The smallest absolute Gasteiger partial charge is 0.261 e. The molecule has 134 valence electrons. The second kappa shape index (κ2) is 7.95. The number of nitrogens with zero attached hydrogens (tertiary/aromatic N) is 2. The molecule has 0 fully saturated rings. The van der Waals surface area contributed by atoms with Gasteiger partial charge in [-0.05, 0) is 23.6 Å². The van der Waals surface area contributed by atoms with Gasteiger partial charge in [0.1, 0.15) is 5.82 Å². The van der Waals surface area contributed by atoms with Gasteiger partial charge in [-0.1, -0.05) is 49.4 Å². The van der Waals surface area contributed by atoms with Gasteiger partial charge in [0.2, 0.25) is 5.91 Å². The van der Waals surface area contributed by atoms with Crippen molar-refractivity contribution in [2.24, 2.45) is 7.05 Å². The van der Waals surface area contributed by atoms with Crippen molar-refractivity contribution < 1.29 is 4.79 Å². The van der Waals surface area contributed by atoms with Crippen LogP contribution in [0.1, 0.15) is 30.7 Å². The Morgan fingerprint density at radius 3 is 2.58 bits per heavy atom. The summed E-state index contributed by atoms with van der Waals surface area (Å²) in [7, 11) is 1.70. The van der Waals surface area contributed by atoms with Crippen molar-refractivity contribution in [3.05, 3.63) is 76.3 Å². The molecule has 5 nitrogen and oxygen atoms in total. The number of hydrogen-bond acceptors (Lipinski definition) is 3. The molecule has 26 heavy (non-hydrogen) atoms. The van der Waals surface area contributed by atoms with Crippen LogP contribution in [0.5, 0.6) is 0 Å². The van der Waals surface area contributed by atoms with Gasteiger partial charge in [0.15, 0.2) is 0 Å². The maximum atomic E-state index is 12.4. The molecule has 2 aromatic carbocycles. The van der Waals surface area contributed by atoms with E-state index in [0.29, 0.717) is 36.1 Å². The molecular weight excluding hydrogens is 326 g/mol. The van der Waals surface area contributed by atoms with Crippen molar-refractivity contribution in [2.45, 2.75) is 25.7 Å². The Morgan fingerprint density at radius 2 is 1.81 bits per heavy atom. The number of fused-ring (bicyclic) bond motifs is 1. The molecule has 5 heteroatoms. The van der Waals surface area contributed by atoms with E-state index in [2.05, 4.69) is 29.4 Å². The topological polar surface area (TPSA) is 64.0 Å². The maximum absolute atomic E-state index is 12.4. The number of aromatic nitrogens is 2. The summed E-state index contributed by atoms with van der Waals surface area (Å²) in [4.78, 5) is 29.1. The van der Waals surface area contributed by atoms with E-state index in [1.807, 2.05) is 36.4 Å². The molecule has 0 saturated heterocycles. The van der Waals surface area contributed by atoms with Crippen LogP contribution in [0.3, 0.4) is 0 Å². The van der Waals surface area contributed by atoms with E-state index >= 15 is 0 Å². The van der Waals surface area contributed by atoms with E-state index < -0.39 is 0 Å². The van der Waals surface area contributed by atoms with Crippen LogP contribution in [0.15, 0.2) is 59.4 Å². The Hall–Kier alpha value is -2.95. The number of nitrogens with one attached hydrogen (secondary N) is 1. The van der Waals surface area contributed by atoms with Gasteiger partial charge in [-0.25, -0.2) is 4.98 Å². The molecule has 3 rings (SSSR count). The van der Waals surface area contributed by atoms with Crippen LogP contribution in [0.25, 0.3) is 10.9 Å². The highest BCUT2D eigenvalue weighted by molar-refractivity contribution is 5.78. The second-order valence-corrected chi connectivity index (χ2v) is 6.53. The van der Waals surface area contributed by atoms with Crippen LogP contribution in [0.4, 0.5) is 0 Å². The minimum Gasteiger partial charge on any atom is -0.355 e. The molecule has 0 unspecified atom stereocenters. The third-order valence-electron chi connectivity index (χ3n) is 4.63. The Bertz CT molecular complexity index is 964. The lowest BCUT2D eigenvalue weighted by Crippen LogP contribution is -2.29. The van der Waals surface area contributed by atoms with Gasteiger partial charge in [-0.15, -0.1) is 0 Å². The largest absolute Gasteiger partial charge is 0.355 e. The molecule has 3 aromatic rings. The summed E-state index contributed by atoms with van der Waals surface area (Å²) < 4.78 is 1.53. The average Bonchev–Trinajstić information content (AvgIpc) is 2.68. The molecule has 0 aliphatic carbocycles. The molecule has 0 bridgehead atoms. The lowest BCUT2D eigenvalue weighted by atomic mass is 10.0. The zero-order chi connectivity index (χ0) is 18.5. The predicted molar refractivity (Wildman–Crippen MR) is 103 cm³/mol. The predicted octanol–water partition coefficient (Wildman–Crippen LogP) is 2.79. The molecule has 0 spiro atoms. The number of aryl methyl sites for hydroxylation is 1. The molecule has 1 amide bonds. The minimum absolute atomic E-state index is 0.0322. The van der Waals surface area contributed by atoms with E-state index in [1.54, 1.807) is 13.1 Å². The summed E-state index contributed by atoms with van der Waals surface area (Å²) in [5.74, 6) is 0.846. The van der Waals surface area contributed by atoms with E-state index in [9.17, 15) is 9.59 Å². The molecule has 0 radical (unpaired) electrons. The molecule has 1 aromatic heterocycles. The highest BCUT2D eigenvalue weighted by Crippen LogP contribution is 2.13. The van der Waals surface area contributed by atoms with Gasteiger partial charge in [0, 0.05) is 26.4 Å². The summed E-state index contributed by atoms with van der Waals surface area (Å²) in [6, 6.07) is 17.4. The zero-order valence-corrected chi connectivity index (χ0v) is 15.1. The molecular formula is C21H23N3O2. The first-order chi connectivity index (χ1) is 12.6. The lowest BCUT2D eigenvalue weighted by molar-refractivity contribution is -0.121. The third kappa shape index (κ3) is 3.99. The summed E-state index contributed by atoms with van der Waals surface area (Å²) >= 11 is 0. The zero-order valence-electron chi connectivity index (χ0n) is 15.1. The van der Waals surface area contributed by atoms with E-state index in [4.69, 9.17) is 0 Å². The first kappa shape index (κ1) is 17.9. The molecule has 0 saturated carbocycles. The molecule has 1 atom stereocenters. The summed E-state index contributed by atoms with van der Waals surface area (Å²) in [6.07, 6.45) is 0.738.